The molecule has 1 aliphatic rings. The number of hydrogen-bond donors (Lipinski definition) is 1. The van der Waals surface area contributed by atoms with Crippen molar-refractivity contribution in [2.75, 3.05) is 5.75 Å². The van der Waals surface area contributed by atoms with E-state index in [0.717, 1.165) is 6.42 Å². The van der Waals surface area contributed by atoms with Crippen LogP contribution in [0.5, 0.6) is 0 Å². The molecule has 1 unspecified atom stereocenters. The molecule has 1 fully saturated rings. The fourth-order valence-electron chi connectivity index (χ4n) is 1.59. The number of rotatable bonds is 5. The lowest BCUT2D eigenvalue weighted by atomic mass is 9.99. The van der Waals surface area contributed by atoms with Crippen LogP contribution >= 0.6 is 21.6 Å². The minimum absolute atomic E-state index is 0.113. The van der Waals surface area contributed by atoms with Gasteiger partial charge in [-0.2, -0.15) is 0 Å². The zero-order valence-electron chi connectivity index (χ0n) is 8.58. The van der Waals surface area contributed by atoms with Crippen LogP contribution in [0, 0.1) is 0 Å². The predicted octanol–water partition coefficient (Wildman–Crippen LogP) is 3.47. The monoisotopic (exact) mass is 220 g/mol. The second kappa shape index (κ2) is 5.52. The Morgan fingerprint density at radius 1 is 1.46 bits per heavy atom. The van der Waals surface area contributed by atoms with Crippen LogP contribution in [-0.2, 0) is 0 Å². The van der Waals surface area contributed by atoms with Crippen molar-refractivity contribution in [2.24, 2.45) is 0 Å². The highest BCUT2D eigenvalue weighted by atomic mass is 33.1. The van der Waals surface area contributed by atoms with Crippen molar-refractivity contribution in [1.82, 2.24) is 0 Å². The van der Waals surface area contributed by atoms with Crippen LogP contribution < -0.4 is 0 Å². The molecule has 2 atom stereocenters. The highest BCUT2D eigenvalue weighted by molar-refractivity contribution is 8.77. The van der Waals surface area contributed by atoms with Crippen molar-refractivity contribution < 1.29 is 5.11 Å². The maximum Gasteiger partial charge on any atom is 0.0512 e. The third-order valence-electron chi connectivity index (χ3n) is 2.55. The molecule has 0 spiro atoms. The summed E-state index contributed by atoms with van der Waals surface area (Å²) >= 11 is 0. The van der Waals surface area contributed by atoms with Gasteiger partial charge in [0.05, 0.1) is 6.10 Å². The third kappa shape index (κ3) is 4.61. The topological polar surface area (TPSA) is 20.2 Å². The van der Waals surface area contributed by atoms with Crippen molar-refractivity contribution in [2.45, 2.75) is 56.8 Å². The summed E-state index contributed by atoms with van der Waals surface area (Å²) in [5.74, 6) is 1.32. The molecule has 0 radical (unpaired) electrons. The van der Waals surface area contributed by atoms with Gasteiger partial charge in [0, 0.05) is 10.5 Å². The molecule has 1 rings (SSSR count). The van der Waals surface area contributed by atoms with Gasteiger partial charge in [-0.25, -0.2) is 0 Å². The maximum absolute atomic E-state index is 9.10. The van der Waals surface area contributed by atoms with E-state index in [1.807, 2.05) is 17.7 Å². The molecular formula is C10H20OS2. The smallest absolute Gasteiger partial charge is 0.0512 e. The zero-order valence-corrected chi connectivity index (χ0v) is 10.2. The number of aliphatic hydroxyl groups excluding tert-OH is 1. The summed E-state index contributed by atoms with van der Waals surface area (Å²) in [4.78, 5) is 0. The first-order valence-corrected chi connectivity index (χ1v) is 7.43. The maximum atomic E-state index is 9.10. The molecule has 78 valence electrons. The summed E-state index contributed by atoms with van der Waals surface area (Å²) in [6.07, 6.45) is 5.98. The summed E-state index contributed by atoms with van der Waals surface area (Å²) in [6, 6.07) is 0. The molecule has 0 saturated carbocycles. The van der Waals surface area contributed by atoms with Crippen LogP contribution in [-0.4, -0.2) is 21.7 Å². The van der Waals surface area contributed by atoms with E-state index in [9.17, 15) is 0 Å². The number of aliphatic hydroxyl groups is 1. The lowest BCUT2D eigenvalue weighted by molar-refractivity contribution is 0.180. The molecule has 3 heteroatoms. The van der Waals surface area contributed by atoms with E-state index in [4.69, 9.17) is 5.11 Å². The molecule has 1 heterocycles. The van der Waals surface area contributed by atoms with E-state index in [1.54, 1.807) is 0 Å². The van der Waals surface area contributed by atoms with E-state index >= 15 is 0 Å². The normalized spacial score (nSPS) is 30.7. The summed E-state index contributed by atoms with van der Waals surface area (Å²) in [5, 5.41) is 9.10. The Labute approximate surface area is 89.5 Å². The van der Waals surface area contributed by atoms with Crippen LogP contribution in [0.25, 0.3) is 0 Å². The van der Waals surface area contributed by atoms with Crippen molar-refractivity contribution >= 4 is 21.6 Å². The first-order chi connectivity index (χ1) is 6.12. The van der Waals surface area contributed by atoms with E-state index < -0.39 is 0 Å². The fourth-order valence-corrected chi connectivity index (χ4v) is 4.89. The molecule has 13 heavy (non-hydrogen) atoms. The highest BCUT2D eigenvalue weighted by Gasteiger charge is 2.29. The molecule has 0 amide bonds. The van der Waals surface area contributed by atoms with Crippen molar-refractivity contribution in [3.05, 3.63) is 0 Å². The van der Waals surface area contributed by atoms with Crippen molar-refractivity contribution in [1.29, 1.82) is 0 Å². The third-order valence-corrected chi connectivity index (χ3v) is 5.91. The van der Waals surface area contributed by atoms with Gasteiger partial charge in [-0.3, -0.25) is 0 Å². The van der Waals surface area contributed by atoms with Gasteiger partial charge in [0.15, 0.2) is 0 Å². The highest BCUT2D eigenvalue weighted by Crippen LogP contribution is 2.49. The van der Waals surface area contributed by atoms with Gasteiger partial charge in [-0.15, -0.1) is 0 Å². The van der Waals surface area contributed by atoms with Gasteiger partial charge in [0.2, 0.25) is 0 Å². The average molecular weight is 220 g/mol. The van der Waals surface area contributed by atoms with Gasteiger partial charge in [-0.05, 0) is 33.1 Å². The Hall–Kier alpha value is 0.660. The van der Waals surface area contributed by atoms with Crippen molar-refractivity contribution in [3.8, 4) is 0 Å². The quantitative estimate of drug-likeness (QED) is 0.566. The van der Waals surface area contributed by atoms with E-state index in [2.05, 4.69) is 17.7 Å². The fraction of sp³-hybridized carbons (Fsp3) is 1.00. The summed E-state index contributed by atoms with van der Waals surface area (Å²) in [7, 11) is 4.07. The zero-order chi connectivity index (χ0) is 9.73. The summed E-state index contributed by atoms with van der Waals surface area (Å²) in [6.45, 7) is 4.25. The second-order valence-electron chi connectivity index (χ2n) is 4.20. The average Bonchev–Trinajstić information content (AvgIpc) is 2.47. The molecule has 1 N–H and O–H groups in total. The lowest BCUT2D eigenvalue weighted by Crippen LogP contribution is -2.15. The van der Waals surface area contributed by atoms with Crippen LogP contribution in [0.3, 0.4) is 0 Å². The molecule has 0 aromatic carbocycles. The Morgan fingerprint density at radius 2 is 2.23 bits per heavy atom. The second-order valence-corrected chi connectivity index (χ2v) is 7.20. The van der Waals surface area contributed by atoms with Crippen LogP contribution in [0.4, 0.5) is 0 Å². The van der Waals surface area contributed by atoms with Gasteiger partial charge in [0.25, 0.3) is 0 Å². The van der Waals surface area contributed by atoms with Crippen LogP contribution in [0.1, 0.15) is 46.0 Å². The molecule has 0 aromatic rings. The molecule has 0 aromatic heterocycles. The Balaban J connectivity index is 2.04. The summed E-state index contributed by atoms with van der Waals surface area (Å²) in [5.41, 5.74) is 0. The molecule has 1 saturated heterocycles. The molecule has 0 bridgehead atoms. The van der Waals surface area contributed by atoms with Gasteiger partial charge in [0.1, 0.15) is 0 Å². The minimum Gasteiger partial charge on any atom is -0.393 e. The molecule has 1 aliphatic heterocycles. The Kier molecular flexibility index (Phi) is 4.98. The first-order valence-electron chi connectivity index (χ1n) is 5.11. The Bertz CT molecular complexity index is 142. The van der Waals surface area contributed by atoms with E-state index in [-0.39, 0.29) is 6.10 Å². The largest absolute Gasteiger partial charge is 0.393 e. The van der Waals surface area contributed by atoms with Gasteiger partial charge in [-0.1, -0.05) is 34.4 Å². The van der Waals surface area contributed by atoms with E-state index in [1.165, 1.54) is 31.4 Å². The van der Waals surface area contributed by atoms with Crippen LogP contribution in [0.15, 0.2) is 0 Å². The molecule has 1 nitrogen and oxygen atoms in total. The number of unbranched alkanes of at least 4 members (excludes halogenated alkanes) is 1. The van der Waals surface area contributed by atoms with E-state index in [0.29, 0.717) is 4.75 Å². The molecular weight excluding hydrogens is 200 g/mol. The summed E-state index contributed by atoms with van der Waals surface area (Å²) < 4.78 is 0.531. The van der Waals surface area contributed by atoms with Gasteiger partial charge >= 0.3 is 0 Å². The minimum atomic E-state index is -0.113. The SMILES string of the molecule is CC(O)CCCC[C@]1(C)CCSS1. The van der Waals surface area contributed by atoms with Gasteiger partial charge < -0.3 is 5.11 Å². The lowest BCUT2D eigenvalue weighted by Gasteiger charge is -2.21. The predicted molar refractivity (Wildman–Crippen MR) is 63.2 cm³/mol. The first kappa shape index (κ1) is 11.7. The number of hydrogen-bond acceptors (Lipinski definition) is 3. The standard InChI is InChI=1S/C10H20OS2/c1-9(11)5-3-4-6-10(2)7-8-12-13-10/h9,11H,3-8H2,1-2H3/t9?,10-/m1/s1. The Morgan fingerprint density at radius 3 is 2.77 bits per heavy atom. The van der Waals surface area contributed by atoms with Crippen LogP contribution in [0.2, 0.25) is 0 Å². The van der Waals surface area contributed by atoms with Crippen molar-refractivity contribution in [3.63, 3.8) is 0 Å². The molecule has 0 aliphatic carbocycles.